The zero-order valence-electron chi connectivity index (χ0n) is 15.5. The van der Waals surface area contributed by atoms with Gasteiger partial charge in [-0.2, -0.15) is 4.31 Å². The largest absolute Gasteiger partial charge is 0.348 e. The molecule has 7 heteroatoms. The smallest absolute Gasteiger partial charge is 0.268 e. The SMILES string of the molecule is Cn1cc(S(=O)(=O)N2CCCCC2)cc1C(=O)NC1CCC2CC2CC1. The number of hydrogen-bond acceptors (Lipinski definition) is 3. The van der Waals surface area contributed by atoms with Gasteiger partial charge in [0.05, 0.1) is 0 Å². The van der Waals surface area contributed by atoms with Gasteiger partial charge in [0.1, 0.15) is 10.6 Å². The number of rotatable bonds is 4. The first-order chi connectivity index (χ1) is 12.4. The molecule has 1 aromatic heterocycles. The minimum atomic E-state index is -3.51. The van der Waals surface area contributed by atoms with E-state index in [1.165, 1.54) is 25.3 Å². The van der Waals surface area contributed by atoms with Crippen LogP contribution in [0, 0.1) is 11.8 Å². The molecule has 4 rings (SSSR count). The quantitative estimate of drug-likeness (QED) is 0.874. The standard InChI is InChI=1S/C19H29N3O3S/c1-21-13-17(26(24,25)22-9-3-2-4-10-22)12-18(21)19(23)20-16-7-5-14-11-15(14)6-8-16/h12-16H,2-11H2,1H3,(H,20,23). The summed E-state index contributed by atoms with van der Waals surface area (Å²) in [6.07, 6.45) is 10.3. The Bertz CT molecular complexity index is 768. The van der Waals surface area contributed by atoms with E-state index < -0.39 is 10.0 Å². The zero-order chi connectivity index (χ0) is 18.3. The average molecular weight is 380 g/mol. The Kier molecular flexibility index (Phi) is 4.86. The van der Waals surface area contributed by atoms with Gasteiger partial charge in [0, 0.05) is 32.4 Å². The van der Waals surface area contributed by atoms with Crippen LogP contribution in [0.5, 0.6) is 0 Å². The molecule has 1 N–H and O–H groups in total. The fourth-order valence-corrected chi connectivity index (χ4v) is 6.14. The molecule has 2 saturated carbocycles. The Morgan fingerprint density at radius 3 is 2.38 bits per heavy atom. The van der Waals surface area contributed by atoms with E-state index in [1.807, 2.05) is 0 Å². The molecule has 144 valence electrons. The predicted octanol–water partition coefficient (Wildman–Crippen LogP) is 2.51. The first-order valence-electron chi connectivity index (χ1n) is 9.92. The van der Waals surface area contributed by atoms with Crippen molar-refractivity contribution in [3.8, 4) is 0 Å². The van der Waals surface area contributed by atoms with E-state index in [1.54, 1.807) is 22.1 Å². The fourth-order valence-electron chi connectivity index (χ4n) is 4.55. The van der Waals surface area contributed by atoms with Crippen LogP contribution in [0.3, 0.4) is 0 Å². The first kappa shape index (κ1) is 18.0. The van der Waals surface area contributed by atoms with Crippen LogP contribution >= 0.6 is 0 Å². The van der Waals surface area contributed by atoms with Gasteiger partial charge in [-0.3, -0.25) is 4.79 Å². The van der Waals surface area contributed by atoms with E-state index in [0.717, 1.165) is 43.9 Å². The maximum absolute atomic E-state index is 12.8. The van der Waals surface area contributed by atoms with Crippen molar-refractivity contribution in [1.29, 1.82) is 0 Å². The van der Waals surface area contributed by atoms with Crippen molar-refractivity contribution in [1.82, 2.24) is 14.2 Å². The van der Waals surface area contributed by atoms with Crippen molar-refractivity contribution in [2.45, 2.75) is 62.3 Å². The Labute approximate surface area is 156 Å². The lowest BCUT2D eigenvalue weighted by atomic mass is 10.1. The van der Waals surface area contributed by atoms with Crippen LogP contribution in [0.4, 0.5) is 0 Å². The van der Waals surface area contributed by atoms with Crippen molar-refractivity contribution >= 4 is 15.9 Å². The summed E-state index contributed by atoms with van der Waals surface area (Å²) in [6, 6.07) is 1.75. The third kappa shape index (κ3) is 3.56. The molecule has 1 aromatic rings. The molecule has 1 aliphatic heterocycles. The van der Waals surface area contributed by atoms with E-state index in [9.17, 15) is 13.2 Å². The molecule has 26 heavy (non-hydrogen) atoms. The van der Waals surface area contributed by atoms with Crippen LogP contribution in [-0.2, 0) is 17.1 Å². The number of sulfonamides is 1. The minimum Gasteiger partial charge on any atom is -0.348 e. The second-order valence-electron chi connectivity index (χ2n) is 8.22. The highest BCUT2D eigenvalue weighted by Gasteiger charge is 2.39. The molecule has 3 aliphatic rings. The van der Waals surface area contributed by atoms with Gasteiger partial charge in [-0.1, -0.05) is 6.42 Å². The second-order valence-corrected chi connectivity index (χ2v) is 10.2. The highest BCUT2D eigenvalue weighted by Crippen LogP contribution is 2.48. The molecule has 0 bridgehead atoms. The van der Waals surface area contributed by atoms with E-state index in [0.29, 0.717) is 18.8 Å². The van der Waals surface area contributed by atoms with Crippen molar-refractivity contribution < 1.29 is 13.2 Å². The molecule has 0 spiro atoms. The lowest BCUT2D eigenvalue weighted by Crippen LogP contribution is -2.36. The number of fused-ring (bicyclic) bond motifs is 1. The van der Waals surface area contributed by atoms with Crippen molar-refractivity contribution in [2.75, 3.05) is 13.1 Å². The van der Waals surface area contributed by atoms with Crippen LogP contribution < -0.4 is 5.32 Å². The maximum Gasteiger partial charge on any atom is 0.268 e. The fraction of sp³-hybridized carbons (Fsp3) is 0.737. The summed E-state index contributed by atoms with van der Waals surface area (Å²) in [5.41, 5.74) is 0.426. The van der Waals surface area contributed by atoms with Crippen LogP contribution in [0.25, 0.3) is 0 Å². The van der Waals surface area contributed by atoms with Gasteiger partial charge < -0.3 is 9.88 Å². The summed E-state index contributed by atoms with van der Waals surface area (Å²) < 4.78 is 28.9. The Morgan fingerprint density at radius 1 is 1.08 bits per heavy atom. The summed E-state index contributed by atoms with van der Waals surface area (Å²) >= 11 is 0. The molecule has 2 atom stereocenters. The van der Waals surface area contributed by atoms with Gasteiger partial charge >= 0.3 is 0 Å². The maximum atomic E-state index is 12.8. The zero-order valence-corrected chi connectivity index (χ0v) is 16.3. The van der Waals surface area contributed by atoms with Crippen LogP contribution in [0.2, 0.25) is 0 Å². The third-order valence-corrected chi connectivity index (χ3v) is 8.21. The molecule has 2 unspecified atom stereocenters. The Balaban J connectivity index is 1.46. The van der Waals surface area contributed by atoms with Gasteiger partial charge in [0.15, 0.2) is 0 Å². The lowest BCUT2D eigenvalue weighted by molar-refractivity contribution is 0.0924. The predicted molar refractivity (Wildman–Crippen MR) is 99.3 cm³/mol. The number of carbonyl (C=O) groups excluding carboxylic acids is 1. The molecular formula is C19H29N3O3S. The number of aromatic nitrogens is 1. The van der Waals surface area contributed by atoms with Gasteiger partial charge in [-0.25, -0.2) is 8.42 Å². The highest BCUT2D eigenvalue weighted by molar-refractivity contribution is 7.89. The molecule has 0 radical (unpaired) electrons. The van der Waals surface area contributed by atoms with E-state index in [2.05, 4.69) is 5.32 Å². The number of aryl methyl sites for hydroxylation is 1. The highest BCUT2D eigenvalue weighted by atomic mass is 32.2. The summed E-state index contributed by atoms with van der Waals surface area (Å²) in [4.78, 5) is 12.9. The summed E-state index contributed by atoms with van der Waals surface area (Å²) in [5, 5.41) is 3.13. The van der Waals surface area contributed by atoms with Gasteiger partial charge in [-0.05, 0) is 62.8 Å². The Hall–Kier alpha value is -1.34. The topological polar surface area (TPSA) is 71.4 Å². The first-order valence-corrected chi connectivity index (χ1v) is 11.4. The number of hydrogen-bond donors (Lipinski definition) is 1. The Morgan fingerprint density at radius 2 is 1.73 bits per heavy atom. The molecule has 1 saturated heterocycles. The number of carbonyl (C=O) groups is 1. The molecule has 6 nitrogen and oxygen atoms in total. The molecule has 2 heterocycles. The molecule has 0 aromatic carbocycles. The summed E-state index contributed by atoms with van der Waals surface area (Å²) in [7, 11) is -1.76. The van der Waals surface area contributed by atoms with E-state index in [4.69, 9.17) is 0 Å². The molecule has 3 fully saturated rings. The number of nitrogens with zero attached hydrogens (tertiary/aromatic N) is 2. The number of piperidine rings is 1. The normalized spacial score (nSPS) is 29.7. The number of nitrogens with one attached hydrogen (secondary N) is 1. The van der Waals surface area contributed by atoms with Crippen LogP contribution in [0.15, 0.2) is 17.2 Å². The van der Waals surface area contributed by atoms with Gasteiger partial charge in [0.2, 0.25) is 10.0 Å². The van der Waals surface area contributed by atoms with Crippen LogP contribution in [0.1, 0.15) is 61.9 Å². The lowest BCUT2D eigenvalue weighted by Gasteiger charge is -2.25. The second kappa shape index (κ2) is 7.00. The van der Waals surface area contributed by atoms with Crippen molar-refractivity contribution in [2.24, 2.45) is 18.9 Å². The van der Waals surface area contributed by atoms with Gasteiger partial charge in [0.25, 0.3) is 5.91 Å². The van der Waals surface area contributed by atoms with Gasteiger partial charge in [-0.15, -0.1) is 0 Å². The number of amides is 1. The van der Waals surface area contributed by atoms with Crippen molar-refractivity contribution in [3.05, 3.63) is 18.0 Å². The van der Waals surface area contributed by atoms with E-state index >= 15 is 0 Å². The minimum absolute atomic E-state index is 0.159. The van der Waals surface area contributed by atoms with E-state index in [-0.39, 0.29) is 16.8 Å². The molecule has 1 amide bonds. The summed E-state index contributed by atoms with van der Waals surface area (Å²) in [6.45, 7) is 1.15. The summed E-state index contributed by atoms with van der Waals surface area (Å²) in [5.74, 6) is 1.61. The molecular weight excluding hydrogens is 350 g/mol. The van der Waals surface area contributed by atoms with Crippen molar-refractivity contribution in [3.63, 3.8) is 0 Å². The third-order valence-electron chi connectivity index (χ3n) is 6.34. The average Bonchev–Trinajstić information content (AvgIpc) is 3.30. The monoisotopic (exact) mass is 379 g/mol. The van der Waals surface area contributed by atoms with Crippen LogP contribution in [-0.4, -0.2) is 42.3 Å². The molecule has 2 aliphatic carbocycles.